The molecule has 0 radical (unpaired) electrons. The summed E-state index contributed by atoms with van der Waals surface area (Å²) in [7, 11) is 0. The van der Waals surface area contributed by atoms with Crippen molar-refractivity contribution in [1.29, 1.82) is 0 Å². The number of hydrogen-bond acceptors (Lipinski definition) is 5. The fourth-order valence-corrected chi connectivity index (χ4v) is 6.04. The van der Waals surface area contributed by atoms with Crippen molar-refractivity contribution in [3.8, 4) is 0 Å². The molecule has 5 rings (SSSR count). The largest absolute Gasteiger partial charge is 0.379 e. The van der Waals surface area contributed by atoms with Crippen molar-refractivity contribution in [3.05, 3.63) is 69.4 Å². The van der Waals surface area contributed by atoms with E-state index >= 15 is 0 Å². The zero-order chi connectivity index (χ0) is 25.6. The van der Waals surface area contributed by atoms with E-state index in [0.717, 1.165) is 66.6 Å². The molecule has 0 saturated carbocycles. The Kier molecular flexibility index (Phi) is 6.70. The Morgan fingerprint density at radius 3 is 2.58 bits per heavy atom. The van der Waals surface area contributed by atoms with Crippen molar-refractivity contribution in [2.24, 2.45) is 5.41 Å². The zero-order valence-corrected chi connectivity index (χ0v) is 22.2. The maximum absolute atomic E-state index is 13.7. The first kappa shape index (κ1) is 25.0. The average molecular weight is 508 g/mol. The zero-order valence-electron chi connectivity index (χ0n) is 21.5. The number of rotatable bonds is 3. The number of allylic oxidation sites excluding steroid dienone is 1. The minimum absolute atomic E-state index is 0.0583. The molecule has 2 heterocycles. The van der Waals surface area contributed by atoms with Gasteiger partial charge >= 0.3 is 0 Å². The smallest absolute Gasteiger partial charge is 0.224 e. The van der Waals surface area contributed by atoms with Gasteiger partial charge in [0.15, 0.2) is 5.78 Å². The Bertz CT molecular complexity index is 1250. The third-order valence-corrected chi connectivity index (χ3v) is 7.68. The van der Waals surface area contributed by atoms with Crippen LogP contribution in [0, 0.1) is 12.3 Å². The first-order chi connectivity index (χ1) is 17.1. The van der Waals surface area contributed by atoms with E-state index in [2.05, 4.69) is 36.2 Å². The minimum atomic E-state index is -0.590. The molecular weight excluding hydrogens is 474 g/mol. The van der Waals surface area contributed by atoms with E-state index in [-0.39, 0.29) is 17.1 Å². The number of halogens is 1. The number of hydrogen-bond donors (Lipinski definition) is 1. The number of Topliss-reactive ketones (excluding diaryl/α,β-unsaturated/α-hetero) is 1. The molecule has 190 valence electrons. The summed E-state index contributed by atoms with van der Waals surface area (Å²) in [6.07, 6.45) is 1.14. The molecule has 0 bridgehead atoms. The summed E-state index contributed by atoms with van der Waals surface area (Å²) in [5.41, 5.74) is 5.90. The molecule has 2 aromatic carbocycles. The van der Waals surface area contributed by atoms with Crippen molar-refractivity contribution >= 4 is 34.7 Å². The number of nitrogens with one attached hydrogen (secondary N) is 1. The number of anilines is 2. The molecule has 1 aliphatic carbocycles. The summed E-state index contributed by atoms with van der Waals surface area (Å²) in [5.74, 6) is -0.0741. The molecule has 1 saturated heterocycles. The molecule has 36 heavy (non-hydrogen) atoms. The minimum Gasteiger partial charge on any atom is -0.379 e. The number of benzene rings is 2. The molecular formula is C29H34ClN3O3. The predicted octanol–water partition coefficient (Wildman–Crippen LogP) is 5.64. The van der Waals surface area contributed by atoms with E-state index in [0.29, 0.717) is 23.4 Å². The van der Waals surface area contributed by atoms with Crippen molar-refractivity contribution in [3.63, 3.8) is 0 Å². The van der Waals surface area contributed by atoms with E-state index in [4.69, 9.17) is 16.3 Å². The first-order valence-electron chi connectivity index (χ1n) is 12.6. The van der Waals surface area contributed by atoms with E-state index in [1.165, 1.54) is 0 Å². The second kappa shape index (κ2) is 9.66. The molecule has 2 aromatic rings. The van der Waals surface area contributed by atoms with Crippen LogP contribution in [0.1, 0.15) is 56.3 Å². The highest BCUT2D eigenvalue weighted by molar-refractivity contribution is 6.31. The van der Waals surface area contributed by atoms with Gasteiger partial charge in [-0.1, -0.05) is 43.6 Å². The predicted molar refractivity (Wildman–Crippen MR) is 143 cm³/mol. The maximum Gasteiger partial charge on any atom is 0.224 e. The van der Waals surface area contributed by atoms with Crippen LogP contribution in [0.25, 0.3) is 0 Å². The Hall–Kier alpha value is -2.67. The summed E-state index contributed by atoms with van der Waals surface area (Å²) in [4.78, 5) is 31.1. The van der Waals surface area contributed by atoms with Gasteiger partial charge in [-0.15, -0.1) is 0 Å². The van der Waals surface area contributed by atoms with E-state index < -0.39 is 6.04 Å². The van der Waals surface area contributed by atoms with Crippen LogP contribution < -0.4 is 10.2 Å². The lowest BCUT2D eigenvalue weighted by Gasteiger charge is -2.37. The van der Waals surface area contributed by atoms with Gasteiger partial charge in [-0.05, 0) is 53.6 Å². The highest BCUT2D eigenvalue weighted by Crippen LogP contribution is 2.49. The molecule has 0 aromatic heterocycles. The van der Waals surface area contributed by atoms with Gasteiger partial charge in [-0.2, -0.15) is 0 Å². The lowest BCUT2D eigenvalue weighted by Crippen LogP contribution is -2.38. The molecule has 1 unspecified atom stereocenters. The molecule has 1 fully saturated rings. The van der Waals surface area contributed by atoms with Gasteiger partial charge in [0.2, 0.25) is 5.91 Å². The van der Waals surface area contributed by atoms with Gasteiger partial charge in [0, 0.05) is 49.3 Å². The van der Waals surface area contributed by atoms with Crippen LogP contribution in [0.3, 0.4) is 0 Å². The highest BCUT2D eigenvalue weighted by atomic mass is 35.5. The van der Waals surface area contributed by atoms with E-state index in [1.54, 1.807) is 11.8 Å². The Morgan fingerprint density at radius 2 is 1.89 bits per heavy atom. The Labute approximate surface area is 218 Å². The third-order valence-electron chi connectivity index (χ3n) is 7.36. The fourth-order valence-electron chi connectivity index (χ4n) is 5.70. The molecule has 3 aliphatic rings. The monoisotopic (exact) mass is 507 g/mol. The fraction of sp³-hybridized carbons (Fsp3) is 0.448. The summed E-state index contributed by atoms with van der Waals surface area (Å²) in [6.45, 7) is 11.9. The SMILES string of the molecule is CC(=O)N1c2ccc(CN3CCOCC3)cc2NC2=C(C(=O)CC(C)(C)C2)C1c1ccc(C)cc1Cl. The summed E-state index contributed by atoms with van der Waals surface area (Å²) < 4.78 is 5.50. The standard InChI is InChI=1S/C29H34ClN3O3/c1-18-5-7-21(22(30)13-18)28-27-24(15-29(3,4)16-26(27)35)31-23-14-20(17-32-9-11-36-12-10-32)6-8-25(23)33(28)19(2)34/h5-8,13-14,28,31H,9-12,15-17H2,1-4H3. The van der Waals surface area contributed by atoms with Crippen molar-refractivity contribution in [2.75, 3.05) is 36.5 Å². The Balaban J connectivity index is 1.67. The van der Waals surface area contributed by atoms with Crippen LogP contribution in [0.2, 0.25) is 5.02 Å². The first-order valence-corrected chi connectivity index (χ1v) is 13.0. The lowest BCUT2D eigenvalue weighted by molar-refractivity contribution is -0.118. The maximum atomic E-state index is 13.7. The average Bonchev–Trinajstić information content (AvgIpc) is 2.93. The van der Waals surface area contributed by atoms with Gasteiger partial charge in [-0.3, -0.25) is 19.4 Å². The van der Waals surface area contributed by atoms with Crippen molar-refractivity contribution in [1.82, 2.24) is 4.90 Å². The summed E-state index contributed by atoms with van der Waals surface area (Å²) in [6, 6.07) is 11.5. The number of fused-ring (bicyclic) bond motifs is 1. The van der Waals surface area contributed by atoms with Crippen molar-refractivity contribution in [2.45, 2.75) is 53.1 Å². The number of amides is 1. The molecule has 1 N–H and O–H groups in total. The van der Waals surface area contributed by atoms with E-state index in [9.17, 15) is 9.59 Å². The molecule has 0 spiro atoms. The number of ketones is 1. The third kappa shape index (κ3) is 4.82. The van der Waals surface area contributed by atoms with Gasteiger partial charge < -0.3 is 10.1 Å². The molecule has 7 heteroatoms. The quantitative estimate of drug-likeness (QED) is 0.582. The highest BCUT2D eigenvalue weighted by Gasteiger charge is 2.43. The summed E-state index contributed by atoms with van der Waals surface area (Å²) in [5, 5.41) is 4.18. The van der Waals surface area contributed by atoms with Gasteiger partial charge in [0.1, 0.15) is 0 Å². The molecule has 6 nitrogen and oxygen atoms in total. The number of ether oxygens (including phenoxy) is 1. The number of carbonyl (C=O) groups is 2. The van der Waals surface area contributed by atoms with Crippen LogP contribution in [-0.2, 0) is 20.9 Å². The number of carbonyl (C=O) groups excluding carboxylic acids is 2. The normalized spacial score (nSPS) is 22.0. The van der Waals surface area contributed by atoms with E-state index in [1.807, 2.05) is 31.2 Å². The molecule has 1 atom stereocenters. The molecule has 2 aliphatic heterocycles. The number of aryl methyl sites for hydroxylation is 1. The second-order valence-corrected chi connectivity index (χ2v) is 11.4. The van der Waals surface area contributed by atoms with Crippen LogP contribution >= 0.6 is 11.6 Å². The van der Waals surface area contributed by atoms with Crippen LogP contribution in [0.15, 0.2) is 47.7 Å². The van der Waals surface area contributed by atoms with Crippen LogP contribution in [-0.4, -0.2) is 42.9 Å². The number of morpholine rings is 1. The summed E-state index contributed by atoms with van der Waals surface area (Å²) >= 11 is 6.77. The number of nitrogens with zero attached hydrogens (tertiary/aromatic N) is 2. The Morgan fingerprint density at radius 1 is 1.14 bits per heavy atom. The van der Waals surface area contributed by atoms with Gasteiger partial charge in [0.25, 0.3) is 0 Å². The van der Waals surface area contributed by atoms with Crippen LogP contribution in [0.5, 0.6) is 0 Å². The van der Waals surface area contributed by atoms with Gasteiger partial charge in [0.05, 0.1) is 30.6 Å². The van der Waals surface area contributed by atoms with Crippen LogP contribution in [0.4, 0.5) is 11.4 Å². The lowest BCUT2D eigenvalue weighted by atomic mass is 9.73. The second-order valence-electron chi connectivity index (χ2n) is 11.0. The van der Waals surface area contributed by atoms with Crippen molar-refractivity contribution < 1.29 is 14.3 Å². The molecule has 1 amide bonds. The van der Waals surface area contributed by atoms with Gasteiger partial charge in [-0.25, -0.2) is 0 Å². The topological polar surface area (TPSA) is 61.9 Å².